The summed E-state index contributed by atoms with van der Waals surface area (Å²) in [5.74, 6) is -2.13. The highest BCUT2D eigenvalue weighted by Gasteiger charge is 2.14. The van der Waals surface area contributed by atoms with E-state index in [-0.39, 0.29) is 5.56 Å². The van der Waals surface area contributed by atoms with E-state index in [0.717, 1.165) is 28.8 Å². The van der Waals surface area contributed by atoms with Crippen molar-refractivity contribution >= 4 is 22.4 Å². The number of nitrogens with one attached hydrogen (secondary N) is 1. The molecular formula is C12H10F2N2OS. The molecule has 94 valence electrons. The van der Waals surface area contributed by atoms with Crippen LogP contribution in [0.5, 0.6) is 0 Å². The Morgan fingerprint density at radius 2 is 2.06 bits per heavy atom. The number of aryl methyl sites for hydroxylation is 2. The lowest BCUT2D eigenvalue weighted by Crippen LogP contribution is -2.13. The number of carbonyl (C=O) groups excluding carboxylic acids is 1. The molecular weight excluding hydrogens is 258 g/mol. The number of halogens is 2. The minimum atomic E-state index is -0.765. The Kier molecular flexibility index (Phi) is 3.38. The van der Waals surface area contributed by atoms with E-state index in [4.69, 9.17) is 0 Å². The van der Waals surface area contributed by atoms with E-state index in [2.05, 4.69) is 10.3 Å². The zero-order valence-corrected chi connectivity index (χ0v) is 10.6. The molecule has 1 aromatic heterocycles. The van der Waals surface area contributed by atoms with Crippen molar-refractivity contribution < 1.29 is 13.6 Å². The van der Waals surface area contributed by atoms with E-state index < -0.39 is 17.5 Å². The Morgan fingerprint density at radius 1 is 1.33 bits per heavy atom. The first-order valence-electron chi connectivity index (χ1n) is 5.18. The second-order valence-electron chi connectivity index (χ2n) is 3.74. The first kappa shape index (κ1) is 12.6. The average molecular weight is 268 g/mol. The Balaban J connectivity index is 2.24. The molecule has 0 fully saturated rings. The minimum Gasteiger partial charge on any atom is -0.298 e. The quantitative estimate of drug-likeness (QED) is 0.908. The molecule has 0 bridgehead atoms. The molecule has 0 spiro atoms. The minimum absolute atomic E-state index is 0.333. The first-order valence-corrected chi connectivity index (χ1v) is 5.99. The molecule has 0 aliphatic rings. The SMILES string of the molecule is Cc1nc(NC(=O)c2cc(F)ccc2F)sc1C. The smallest absolute Gasteiger partial charge is 0.260 e. The molecule has 0 atom stereocenters. The summed E-state index contributed by atoms with van der Waals surface area (Å²) in [4.78, 5) is 16.8. The lowest BCUT2D eigenvalue weighted by Gasteiger charge is -2.03. The van der Waals surface area contributed by atoms with Crippen LogP contribution in [0, 0.1) is 25.5 Å². The molecule has 2 rings (SSSR count). The van der Waals surface area contributed by atoms with Crippen LogP contribution in [0.25, 0.3) is 0 Å². The van der Waals surface area contributed by atoms with E-state index in [1.807, 2.05) is 13.8 Å². The molecule has 18 heavy (non-hydrogen) atoms. The van der Waals surface area contributed by atoms with Crippen molar-refractivity contribution in [3.8, 4) is 0 Å². The van der Waals surface area contributed by atoms with Gasteiger partial charge in [0.1, 0.15) is 11.6 Å². The van der Waals surface area contributed by atoms with Crippen LogP contribution in [0.3, 0.4) is 0 Å². The van der Waals surface area contributed by atoms with Gasteiger partial charge in [-0.05, 0) is 32.0 Å². The molecule has 0 aliphatic heterocycles. The largest absolute Gasteiger partial charge is 0.298 e. The van der Waals surface area contributed by atoms with Crippen LogP contribution < -0.4 is 5.32 Å². The number of aromatic nitrogens is 1. The Hall–Kier alpha value is -1.82. The average Bonchev–Trinajstić information content (AvgIpc) is 2.61. The Bertz CT molecular complexity index is 591. The maximum atomic E-state index is 13.4. The predicted molar refractivity (Wildman–Crippen MR) is 65.9 cm³/mol. The third-order valence-electron chi connectivity index (χ3n) is 2.42. The van der Waals surface area contributed by atoms with Crippen LogP contribution in [0.15, 0.2) is 18.2 Å². The van der Waals surface area contributed by atoms with Crippen molar-refractivity contribution in [1.29, 1.82) is 0 Å². The van der Waals surface area contributed by atoms with Gasteiger partial charge in [-0.1, -0.05) is 0 Å². The van der Waals surface area contributed by atoms with Crippen molar-refractivity contribution in [1.82, 2.24) is 4.98 Å². The maximum absolute atomic E-state index is 13.4. The van der Waals surface area contributed by atoms with Gasteiger partial charge in [-0.15, -0.1) is 11.3 Å². The fourth-order valence-electron chi connectivity index (χ4n) is 1.36. The van der Waals surface area contributed by atoms with E-state index in [0.29, 0.717) is 5.13 Å². The first-order chi connectivity index (χ1) is 8.47. The number of nitrogens with zero attached hydrogens (tertiary/aromatic N) is 1. The zero-order valence-electron chi connectivity index (χ0n) is 9.75. The molecule has 0 unspecified atom stereocenters. The Morgan fingerprint density at radius 3 is 2.67 bits per heavy atom. The van der Waals surface area contributed by atoms with Crippen LogP contribution in [0.1, 0.15) is 20.9 Å². The summed E-state index contributed by atoms with van der Waals surface area (Å²) < 4.78 is 26.3. The molecule has 6 heteroatoms. The molecule has 0 aliphatic carbocycles. The molecule has 1 heterocycles. The molecule has 1 amide bonds. The third-order valence-corrected chi connectivity index (χ3v) is 3.41. The van der Waals surface area contributed by atoms with Gasteiger partial charge >= 0.3 is 0 Å². The maximum Gasteiger partial charge on any atom is 0.260 e. The molecule has 0 saturated carbocycles. The van der Waals surface area contributed by atoms with Crippen molar-refractivity contribution in [2.45, 2.75) is 13.8 Å². The van der Waals surface area contributed by atoms with Gasteiger partial charge in [-0.3, -0.25) is 10.1 Å². The number of amides is 1. The molecule has 1 N–H and O–H groups in total. The van der Waals surface area contributed by atoms with Gasteiger partial charge in [0.2, 0.25) is 0 Å². The monoisotopic (exact) mass is 268 g/mol. The van der Waals surface area contributed by atoms with Crippen molar-refractivity contribution in [2.24, 2.45) is 0 Å². The summed E-state index contributed by atoms with van der Waals surface area (Å²) in [5.41, 5.74) is 0.468. The number of anilines is 1. The zero-order chi connectivity index (χ0) is 13.3. The van der Waals surface area contributed by atoms with Gasteiger partial charge in [-0.25, -0.2) is 13.8 Å². The highest BCUT2D eigenvalue weighted by atomic mass is 32.1. The third kappa shape index (κ3) is 2.53. The molecule has 3 nitrogen and oxygen atoms in total. The highest BCUT2D eigenvalue weighted by molar-refractivity contribution is 7.15. The van der Waals surface area contributed by atoms with Gasteiger partial charge in [0.25, 0.3) is 5.91 Å². The van der Waals surface area contributed by atoms with E-state index in [1.165, 1.54) is 11.3 Å². The summed E-state index contributed by atoms with van der Waals surface area (Å²) in [6, 6.07) is 2.74. The topological polar surface area (TPSA) is 42.0 Å². The number of hydrogen-bond donors (Lipinski definition) is 1. The Labute approximate surface area is 106 Å². The summed E-state index contributed by atoms with van der Waals surface area (Å²) in [6.45, 7) is 3.68. The van der Waals surface area contributed by atoms with Crippen molar-refractivity contribution in [3.05, 3.63) is 46.0 Å². The summed E-state index contributed by atoms with van der Waals surface area (Å²) >= 11 is 1.29. The van der Waals surface area contributed by atoms with Gasteiger partial charge in [0.15, 0.2) is 5.13 Å². The fourth-order valence-corrected chi connectivity index (χ4v) is 2.17. The predicted octanol–water partition coefficient (Wildman–Crippen LogP) is 3.29. The molecule has 0 saturated heterocycles. The van der Waals surface area contributed by atoms with Crippen molar-refractivity contribution in [2.75, 3.05) is 5.32 Å². The van der Waals surface area contributed by atoms with Crippen LogP contribution in [-0.2, 0) is 0 Å². The second kappa shape index (κ2) is 4.81. The van der Waals surface area contributed by atoms with Crippen molar-refractivity contribution in [3.63, 3.8) is 0 Å². The molecule has 1 aromatic carbocycles. The van der Waals surface area contributed by atoms with E-state index in [9.17, 15) is 13.6 Å². The highest BCUT2D eigenvalue weighted by Crippen LogP contribution is 2.22. The summed E-state index contributed by atoms with van der Waals surface area (Å²) in [6.07, 6.45) is 0. The van der Waals surface area contributed by atoms with E-state index >= 15 is 0 Å². The lowest BCUT2D eigenvalue weighted by molar-refractivity contribution is 0.102. The number of rotatable bonds is 2. The fraction of sp³-hybridized carbons (Fsp3) is 0.167. The lowest BCUT2D eigenvalue weighted by atomic mass is 10.2. The number of carbonyl (C=O) groups is 1. The van der Waals surface area contributed by atoms with Crippen LogP contribution >= 0.6 is 11.3 Å². The van der Waals surface area contributed by atoms with Crippen LogP contribution in [-0.4, -0.2) is 10.9 Å². The number of benzene rings is 1. The number of hydrogen-bond acceptors (Lipinski definition) is 3. The summed E-state index contributed by atoms with van der Waals surface area (Å²) in [5, 5.41) is 2.82. The van der Waals surface area contributed by atoms with Gasteiger partial charge < -0.3 is 0 Å². The summed E-state index contributed by atoms with van der Waals surface area (Å²) in [7, 11) is 0. The second-order valence-corrected chi connectivity index (χ2v) is 4.94. The van der Waals surface area contributed by atoms with Gasteiger partial charge in [-0.2, -0.15) is 0 Å². The molecule has 2 aromatic rings. The van der Waals surface area contributed by atoms with E-state index in [1.54, 1.807) is 0 Å². The van der Waals surface area contributed by atoms with Gasteiger partial charge in [0, 0.05) is 4.88 Å². The van der Waals surface area contributed by atoms with Crippen LogP contribution in [0.4, 0.5) is 13.9 Å². The van der Waals surface area contributed by atoms with Gasteiger partial charge in [0.05, 0.1) is 11.3 Å². The molecule has 0 radical (unpaired) electrons. The number of thiazole rings is 1. The standard InChI is InChI=1S/C12H10F2N2OS/c1-6-7(2)18-12(15-6)16-11(17)9-5-8(13)3-4-10(9)14/h3-5H,1-2H3,(H,15,16,17). The normalized spacial score (nSPS) is 10.4. The van der Waals surface area contributed by atoms with Crippen LogP contribution in [0.2, 0.25) is 0 Å².